The van der Waals surface area contributed by atoms with Gasteiger partial charge in [-0.15, -0.1) is 0 Å². The molecule has 0 saturated heterocycles. The second kappa shape index (κ2) is 8.75. The molecule has 146 valence electrons. The maximum absolute atomic E-state index is 13.7. The summed E-state index contributed by atoms with van der Waals surface area (Å²) in [6, 6.07) is 9.08. The summed E-state index contributed by atoms with van der Waals surface area (Å²) < 4.78 is 29.7. The summed E-state index contributed by atoms with van der Waals surface area (Å²) in [5, 5.41) is 2.55. The van der Waals surface area contributed by atoms with E-state index in [0.29, 0.717) is 30.3 Å². The molecule has 0 aromatic heterocycles. The fourth-order valence-electron chi connectivity index (χ4n) is 2.42. The molecule has 0 bridgehead atoms. The van der Waals surface area contributed by atoms with Gasteiger partial charge < -0.3 is 19.5 Å². The Morgan fingerprint density at radius 3 is 2.68 bits per heavy atom. The van der Waals surface area contributed by atoms with Gasteiger partial charge in [-0.1, -0.05) is 17.7 Å². The average Bonchev–Trinajstić information content (AvgIpc) is 2.68. The number of nitrogens with one attached hydrogen (secondary N) is 1. The second-order valence-electron chi connectivity index (χ2n) is 5.93. The zero-order chi connectivity index (χ0) is 20.1. The summed E-state index contributed by atoms with van der Waals surface area (Å²) >= 11 is 5.66. The predicted octanol–water partition coefficient (Wildman–Crippen LogP) is 3.83. The van der Waals surface area contributed by atoms with Gasteiger partial charge >= 0.3 is 5.97 Å². The minimum atomic E-state index is -1.12. The lowest BCUT2D eigenvalue weighted by Crippen LogP contribution is -2.29. The minimum absolute atomic E-state index is 0.0517. The molecule has 0 fully saturated rings. The SMILES string of the molecule is C[C@H](OC(=O)/C=C/c1ccc2c(c1)OCCO2)C(=O)Nc1ccc(Cl)cc1F. The predicted molar refractivity (Wildman–Crippen MR) is 102 cm³/mol. The van der Waals surface area contributed by atoms with Crippen molar-refractivity contribution >= 4 is 35.2 Å². The highest BCUT2D eigenvalue weighted by Gasteiger charge is 2.18. The van der Waals surface area contributed by atoms with E-state index >= 15 is 0 Å². The molecule has 1 aliphatic rings. The summed E-state index contributed by atoms with van der Waals surface area (Å²) in [6.07, 6.45) is 1.61. The molecule has 0 aliphatic carbocycles. The van der Waals surface area contributed by atoms with Gasteiger partial charge in [0, 0.05) is 11.1 Å². The Balaban J connectivity index is 1.56. The Morgan fingerprint density at radius 2 is 1.93 bits per heavy atom. The number of carbonyl (C=O) groups excluding carboxylic acids is 2. The van der Waals surface area contributed by atoms with E-state index in [1.807, 2.05) is 0 Å². The lowest BCUT2D eigenvalue weighted by Gasteiger charge is -2.18. The van der Waals surface area contributed by atoms with Crippen LogP contribution in [0, 0.1) is 5.82 Å². The van der Waals surface area contributed by atoms with Gasteiger partial charge in [0.25, 0.3) is 5.91 Å². The van der Waals surface area contributed by atoms with E-state index in [1.54, 1.807) is 18.2 Å². The summed E-state index contributed by atoms with van der Waals surface area (Å²) in [7, 11) is 0. The minimum Gasteiger partial charge on any atom is -0.486 e. The van der Waals surface area contributed by atoms with Crippen molar-refractivity contribution in [3.63, 3.8) is 0 Å². The Kier molecular flexibility index (Phi) is 6.16. The molecule has 2 aromatic carbocycles. The molecule has 0 spiro atoms. The van der Waals surface area contributed by atoms with Crippen molar-refractivity contribution in [2.45, 2.75) is 13.0 Å². The number of anilines is 1. The number of hydrogen-bond acceptors (Lipinski definition) is 5. The molecule has 1 N–H and O–H groups in total. The van der Waals surface area contributed by atoms with Crippen LogP contribution in [0.25, 0.3) is 6.08 Å². The van der Waals surface area contributed by atoms with Crippen LogP contribution in [0.3, 0.4) is 0 Å². The fourth-order valence-corrected chi connectivity index (χ4v) is 2.58. The topological polar surface area (TPSA) is 73.9 Å². The van der Waals surface area contributed by atoms with Crippen LogP contribution in [0.4, 0.5) is 10.1 Å². The van der Waals surface area contributed by atoms with Crippen molar-refractivity contribution in [2.24, 2.45) is 0 Å². The summed E-state index contributed by atoms with van der Waals surface area (Å²) in [6.45, 7) is 2.34. The molecule has 1 aliphatic heterocycles. The van der Waals surface area contributed by atoms with Gasteiger partial charge in [0.1, 0.15) is 19.0 Å². The van der Waals surface area contributed by atoms with E-state index in [2.05, 4.69) is 5.32 Å². The number of benzene rings is 2. The van der Waals surface area contributed by atoms with Crippen molar-refractivity contribution in [3.05, 3.63) is 58.9 Å². The third-order valence-corrected chi connectivity index (χ3v) is 4.06. The van der Waals surface area contributed by atoms with Crippen LogP contribution in [0.2, 0.25) is 5.02 Å². The third kappa shape index (κ3) is 5.01. The molecule has 0 saturated carbocycles. The Hall–Kier alpha value is -3.06. The van der Waals surface area contributed by atoms with Gasteiger partial charge in [-0.05, 0) is 48.9 Å². The average molecular weight is 406 g/mol. The monoisotopic (exact) mass is 405 g/mol. The molecule has 0 unspecified atom stereocenters. The summed E-state index contributed by atoms with van der Waals surface area (Å²) in [4.78, 5) is 24.0. The van der Waals surface area contributed by atoms with Crippen LogP contribution in [0.1, 0.15) is 12.5 Å². The van der Waals surface area contributed by atoms with Crippen LogP contribution in [-0.4, -0.2) is 31.2 Å². The highest BCUT2D eigenvalue weighted by Crippen LogP contribution is 2.31. The van der Waals surface area contributed by atoms with E-state index in [0.717, 1.165) is 6.07 Å². The van der Waals surface area contributed by atoms with E-state index in [1.165, 1.54) is 31.2 Å². The molecule has 1 atom stereocenters. The van der Waals surface area contributed by atoms with Crippen molar-refractivity contribution < 1.29 is 28.2 Å². The molecule has 3 rings (SSSR count). The molecule has 8 heteroatoms. The van der Waals surface area contributed by atoms with Crippen molar-refractivity contribution in [1.29, 1.82) is 0 Å². The normalized spacial score (nSPS) is 13.8. The zero-order valence-corrected chi connectivity index (χ0v) is 15.7. The number of halogens is 2. The molecular formula is C20H17ClFNO5. The molecule has 0 radical (unpaired) electrons. The van der Waals surface area contributed by atoms with Crippen LogP contribution in [0.15, 0.2) is 42.5 Å². The number of esters is 1. The van der Waals surface area contributed by atoms with Gasteiger partial charge in [0.15, 0.2) is 17.6 Å². The highest BCUT2D eigenvalue weighted by atomic mass is 35.5. The molecule has 28 heavy (non-hydrogen) atoms. The molecule has 6 nitrogen and oxygen atoms in total. The van der Waals surface area contributed by atoms with Crippen molar-refractivity contribution in [1.82, 2.24) is 0 Å². The molecule has 1 heterocycles. The number of hydrogen-bond donors (Lipinski definition) is 1. The quantitative estimate of drug-likeness (QED) is 0.604. The van der Waals surface area contributed by atoms with Crippen LogP contribution < -0.4 is 14.8 Å². The number of fused-ring (bicyclic) bond motifs is 1. The highest BCUT2D eigenvalue weighted by molar-refractivity contribution is 6.30. The first-order chi connectivity index (χ1) is 13.4. The maximum Gasteiger partial charge on any atom is 0.331 e. The van der Waals surface area contributed by atoms with Crippen LogP contribution in [-0.2, 0) is 14.3 Å². The van der Waals surface area contributed by atoms with Crippen molar-refractivity contribution in [2.75, 3.05) is 18.5 Å². The Bertz CT molecular complexity index is 931. The Morgan fingerprint density at radius 1 is 1.18 bits per heavy atom. The van der Waals surface area contributed by atoms with Gasteiger partial charge in [0.05, 0.1) is 5.69 Å². The van der Waals surface area contributed by atoms with E-state index in [4.69, 9.17) is 25.8 Å². The lowest BCUT2D eigenvalue weighted by molar-refractivity contribution is -0.148. The smallest absolute Gasteiger partial charge is 0.331 e. The van der Waals surface area contributed by atoms with E-state index < -0.39 is 23.8 Å². The first kappa shape index (κ1) is 19.7. The maximum atomic E-state index is 13.7. The van der Waals surface area contributed by atoms with Gasteiger partial charge in [0.2, 0.25) is 0 Å². The van der Waals surface area contributed by atoms with Crippen molar-refractivity contribution in [3.8, 4) is 11.5 Å². The van der Waals surface area contributed by atoms with Gasteiger partial charge in [-0.2, -0.15) is 0 Å². The molecule has 2 aromatic rings. The second-order valence-corrected chi connectivity index (χ2v) is 6.37. The molecular weight excluding hydrogens is 389 g/mol. The van der Waals surface area contributed by atoms with Gasteiger partial charge in [-0.25, -0.2) is 9.18 Å². The summed E-state index contributed by atoms with van der Waals surface area (Å²) in [5.41, 5.74) is 0.658. The fraction of sp³-hybridized carbons (Fsp3) is 0.200. The Labute approximate surface area is 165 Å². The number of ether oxygens (including phenoxy) is 3. The van der Waals surface area contributed by atoms with Gasteiger partial charge in [-0.3, -0.25) is 4.79 Å². The van der Waals surface area contributed by atoms with E-state index in [-0.39, 0.29) is 10.7 Å². The number of amides is 1. The third-order valence-electron chi connectivity index (χ3n) is 3.83. The zero-order valence-electron chi connectivity index (χ0n) is 14.9. The standard InChI is InChI=1S/C20H17ClFNO5/c1-12(20(25)23-16-5-4-14(21)11-15(16)22)28-19(24)7-3-13-2-6-17-18(10-13)27-9-8-26-17/h2-7,10-12H,8-9H2,1H3,(H,23,25)/b7-3+/t12-/m0/s1. The largest absolute Gasteiger partial charge is 0.486 e. The first-order valence-electron chi connectivity index (χ1n) is 8.46. The first-order valence-corrected chi connectivity index (χ1v) is 8.84. The number of rotatable bonds is 5. The lowest BCUT2D eigenvalue weighted by atomic mass is 10.2. The molecule has 1 amide bonds. The van der Waals surface area contributed by atoms with Crippen LogP contribution in [0.5, 0.6) is 11.5 Å². The van der Waals surface area contributed by atoms with Crippen LogP contribution >= 0.6 is 11.6 Å². The van der Waals surface area contributed by atoms with E-state index in [9.17, 15) is 14.0 Å². The number of carbonyl (C=O) groups is 2. The summed E-state index contributed by atoms with van der Waals surface area (Å²) in [5.74, 6) is -0.820.